The van der Waals surface area contributed by atoms with Gasteiger partial charge in [-0.3, -0.25) is 30.3 Å². The summed E-state index contributed by atoms with van der Waals surface area (Å²) in [6.45, 7) is 0. The predicted molar refractivity (Wildman–Crippen MR) is 45.9 cm³/mol. The van der Waals surface area contributed by atoms with E-state index in [1.165, 1.54) is 0 Å². The Kier molecular flexibility index (Phi) is 3.12. The zero-order valence-electron chi connectivity index (χ0n) is 7.51. The highest BCUT2D eigenvalue weighted by Gasteiger charge is 2.46. The van der Waals surface area contributed by atoms with Gasteiger partial charge in [0.05, 0.1) is 12.8 Å². The first-order chi connectivity index (χ1) is 6.91. The lowest BCUT2D eigenvalue weighted by molar-refractivity contribution is -0.591. The minimum Gasteiger partial charge on any atom is -0.264 e. The molecule has 0 heterocycles. The SMILES string of the molecule is O=[N+]([O-])C1[CH]C([N+](=O)[O-])CC([N+](=O)[O-])C1. The molecule has 0 aromatic heterocycles. The lowest BCUT2D eigenvalue weighted by Crippen LogP contribution is -2.44. The Morgan fingerprint density at radius 3 is 1.53 bits per heavy atom. The average molecular weight is 218 g/mol. The largest absolute Gasteiger partial charge is 0.264 e. The van der Waals surface area contributed by atoms with Crippen molar-refractivity contribution in [1.82, 2.24) is 0 Å². The van der Waals surface area contributed by atoms with Crippen molar-refractivity contribution in [3.8, 4) is 0 Å². The van der Waals surface area contributed by atoms with Gasteiger partial charge >= 0.3 is 0 Å². The molecule has 0 spiro atoms. The fourth-order valence-electron chi connectivity index (χ4n) is 1.55. The van der Waals surface area contributed by atoms with Gasteiger partial charge in [0.2, 0.25) is 18.1 Å². The molecular formula is C6H8N3O6. The van der Waals surface area contributed by atoms with Gasteiger partial charge in [-0.2, -0.15) is 0 Å². The van der Waals surface area contributed by atoms with E-state index in [1.54, 1.807) is 0 Å². The Morgan fingerprint density at radius 2 is 1.27 bits per heavy atom. The highest BCUT2D eigenvalue weighted by Crippen LogP contribution is 2.24. The van der Waals surface area contributed by atoms with E-state index in [4.69, 9.17) is 0 Å². The molecule has 0 amide bonds. The number of hydrogen-bond acceptors (Lipinski definition) is 6. The van der Waals surface area contributed by atoms with Crippen LogP contribution in [0, 0.1) is 36.8 Å². The maximum Gasteiger partial charge on any atom is 0.229 e. The molecule has 0 bridgehead atoms. The maximum atomic E-state index is 10.4. The van der Waals surface area contributed by atoms with Gasteiger partial charge in [0, 0.05) is 14.8 Å². The molecule has 0 saturated heterocycles. The summed E-state index contributed by atoms with van der Waals surface area (Å²) in [5.74, 6) is 0. The Bertz CT molecular complexity index is 252. The second-order valence-corrected chi connectivity index (χ2v) is 3.31. The van der Waals surface area contributed by atoms with Crippen LogP contribution >= 0.6 is 0 Å². The molecule has 0 N–H and O–H groups in total. The van der Waals surface area contributed by atoms with Gasteiger partial charge in [0.15, 0.2) is 0 Å². The third kappa shape index (κ3) is 2.58. The molecule has 9 nitrogen and oxygen atoms in total. The molecule has 1 radical (unpaired) electrons. The zero-order chi connectivity index (χ0) is 11.6. The van der Waals surface area contributed by atoms with Gasteiger partial charge in [-0.25, -0.2) is 0 Å². The van der Waals surface area contributed by atoms with Crippen molar-refractivity contribution in [3.05, 3.63) is 36.8 Å². The van der Waals surface area contributed by atoms with Crippen molar-refractivity contribution >= 4 is 0 Å². The summed E-state index contributed by atoms with van der Waals surface area (Å²) in [5.41, 5.74) is 0. The van der Waals surface area contributed by atoms with Crippen molar-refractivity contribution in [3.63, 3.8) is 0 Å². The fourth-order valence-corrected chi connectivity index (χ4v) is 1.55. The molecular weight excluding hydrogens is 210 g/mol. The van der Waals surface area contributed by atoms with Crippen LogP contribution < -0.4 is 0 Å². The highest BCUT2D eigenvalue weighted by atomic mass is 16.6. The smallest absolute Gasteiger partial charge is 0.229 e. The van der Waals surface area contributed by atoms with Crippen LogP contribution in [0.3, 0.4) is 0 Å². The van der Waals surface area contributed by atoms with Crippen molar-refractivity contribution in [2.24, 2.45) is 0 Å². The molecule has 1 fully saturated rings. The molecule has 15 heavy (non-hydrogen) atoms. The van der Waals surface area contributed by atoms with Crippen LogP contribution in [0.1, 0.15) is 12.8 Å². The second kappa shape index (κ2) is 4.15. The summed E-state index contributed by atoms with van der Waals surface area (Å²) in [7, 11) is 0. The zero-order valence-corrected chi connectivity index (χ0v) is 7.51. The van der Waals surface area contributed by atoms with E-state index in [1.807, 2.05) is 0 Å². The van der Waals surface area contributed by atoms with Gasteiger partial charge in [-0.1, -0.05) is 0 Å². The van der Waals surface area contributed by atoms with Crippen LogP contribution in [-0.4, -0.2) is 32.9 Å². The van der Waals surface area contributed by atoms with Crippen LogP contribution in [0.25, 0.3) is 0 Å². The molecule has 9 heteroatoms. The second-order valence-electron chi connectivity index (χ2n) is 3.31. The van der Waals surface area contributed by atoms with Crippen molar-refractivity contribution < 1.29 is 14.8 Å². The summed E-state index contributed by atoms with van der Waals surface area (Å²) in [5, 5.41) is 31.3. The Hall–Kier alpha value is -1.80. The third-order valence-corrected chi connectivity index (χ3v) is 2.31. The first-order valence-electron chi connectivity index (χ1n) is 4.17. The molecule has 1 aliphatic rings. The van der Waals surface area contributed by atoms with Gasteiger partial charge in [0.1, 0.15) is 6.42 Å². The summed E-state index contributed by atoms with van der Waals surface area (Å²) in [6, 6.07) is -3.81. The summed E-state index contributed by atoms with van der Waals surface area (Å²) in [6.07, 6.45) is 0.411. The van der Waals surface area contributed by atoms with E-state index < -0.39 is 32.9 Å². The molecule has 1 rings (SSSR count). The molecule has 1 aliphatic carbocycles. The van der Waals surface area contributed by atoms with E-state index in [0.717, 1.165) is 6.42 Å². The van der Waals surface area contributed by atoms with E-state index in [2.05, 4.69) is 0 Å². The average Bonchev–Trinajstić information content (AvgIpc) is 2.16. The maximum absolute atomic E-state index is 10.4. The Labute approximate surface area is 83.5 Å². The molecule has 0 aromatic carbocycles. The van der Waals surface area contributed by atoms with Gasteiger partial charge < -0.3 is 0 Å². The number of hydrogen-bond donors (Lipinski definition) is 0. The normalized spacial score (nSPS) is 30.8. The lowest BCUT2D eigenvalue weighted by Gasteiger charge is -2.20. The number of rotatable bonds is 3. The van der Waals surface area contributed by atoms with Crippen molar-refractivity contribution in [1.29, 1.82) is 0 Å². The van der Waals surface area contributed by atoms with Gasteiger partial charge in [0.25, 0.3) is 0 Å². The predicted octanol–water partition coefficient (Wildman–Crippen LogP) is -0.0796. The minimum absolute atomic E-state index is 0.273. The summed E-state index contributed by atoms with van der Waals surface area (Å²) in [4.78, 5) is 29.1. The monoisotopic (exact) mass is 218 g/mol. The van der Waals surface area contributed by atoms with Crippen molar-refractivity contribution in [2.75, 3.05) is 0 Å². The van der Waals surface area contributed by atoms with Crippen LogP contribution in [0.15, 0.2) is 0 Å². The molecule has 0 aromatic rings. The Morgan fingerprint density at radius 1 is 0.867 bits per heavy atom. The van der Waals surface area contributed by atoms with E-state index in [0.29, 0.717) is 0 Å². The van der Waals surface area contributed by atoms with Gasteiger partial charge in [-0.15, -0.1) is 0 Å². The van der Waals surface area contributed by atoms with E-state index in [9.17, 15) is 30.3 Å². The molecule has 1 saturated carbocycles. The fraction of sp³-hybridized carbons (Fsp3) is 0.833. The summed E-state index contributed by atoms with van der Waals surface area (Å²) < 4.78 is 0. The van der Waals surface area contributed by atoms with Crippen LogP contribution in [0.2, 0.25) is 0 Å². The summed E-state index contributed by atoms with van der Waals surface area (Å²) >= 11 is 0. The van der Waals surface area contributed by atoms with Crippen LogP contribution in [0.4, 0.5) is 0 Å². The lowest BCUT2D eigenvalue weighted by atomic mass is 9.88. The van der Waals surface area contributed by atoms with Gasteiger partial charge in [-0.05, 0) is 0 Å². The van der Waals surface area contributed by atoms with Crippen LogP contribution in [0.5, 0.6) is 0 Å². The molecule has 2 unspecified atom stereocenters. The number of nitro groups is 3. The standard InChI is InChI=1S/C6H8N3O6/c10-7(11)4-1-5(8(12)13)3-6(2-4)9(14)15/h1,4-6H,2-3H2. The van der Waals surface area contributed by atoms with Crippen molar-refractivity contribution in [2.45, 2.75) is 31.0 Å². The Balaban J connectivity index is 2.77. The van der Waals surface area contributed by atoms with E-state index >= 15 is 0 Å². The minimum atomic E-state index is -1.30. The number of nitrogens with zero attached hydrogens (tertiary/aromatic N) is 3. The molecule has 0 aliphatic heterocycles. The third-order valence-electron chi connectivity index (χ3n) is 2.31. The van der Waals surface area contributed by atoms with Crippen LogP contribution in [-0.2, 0) is 0 Å². The first kappa shape index (κ1) is 11.3. The highest BCUT2D eigenvalue weighted by molar-refractivity contribution is 4.93. The molecule has 2 atom stereocenters. The first-order valence-corrected chi connectivity index (χ1v) is 4.17. The quantitative estimate of drug-likeness (QED) is 0.481. The molecule has 83 valence electrons. The van der Waals surface area contributed by atoms with E-state index in [-0.39, 0.29) is 12.8 Å². The topological polar surface area (TPSA) is 129 Å².